The Bertz CT molecular complexity index is 1330. The monoisotopic (exact) mass is 638 g/mol. The zero-order valence-electron chi connectivity index (χ0n) is 21.7. The van der Waals surface area contributed by atoms with Crippen LogP contribution in [-0.2, 0) is 27.9 Å². The van der Waals surface area contributed by atoms with Gasteiger partial charge in [0.15, 0.2) is 5.69 Å². The number of rotatable bonds is 8. The Morgan fingerprint density at radius 3 is 2.25 bits per heavy atom. The van der Waals surface area contributed by atoms with E-state index in [1.54, 1.807) is 30.3 Å². The molecule has 0 aliphatic carbocycles. The molecule has 8 nitrogen and oxygen atoms in total. The molecule has 0 bridgehead atoms. The molecule has 40 heavy (non-hydrogen) atoms. The van der Waals surface area contributed by atoms with Crippen LogP contribution < -0.4 is 5.32 Å². The molecule has 0 fully saturated rings. The number of benzene rings is 1. The number of amides is 1. The Labute approximate surface area is 233 Å². The number of halogens is 7. The SMILES string of the molecule is CCC[C@@](OCc1ccccc1)(c1nnc(-c2nc(Br)c(C(F)(F)F)cc2NC(=O)OC(C)(C)C)o1)C(F)(F)F. The van der Waals surface area contributed by atoms with E-state index in [2.05, 4.69) is 36.4 Å². The van der Waals surface area contributed by atoms with E-state index in [0.717, 1.165) is 0 Å². The lowest BCUT2D eigenvalue weighted by Crippen LogP contribution is -2.45. The molecule has 0 saturated heterocycles. The van der Waals surface area contributed by atoms with Gasteiger partial charge in [0.2, 0.25) is 5.60 Å². The lowest BCUT2D eigenvalue weighted by atomic mass is 9.96. The summed E-state index contributed by atoms with van der Waals surface area (Å²) in [5.74, 6) is -1.67. The summed E-state index contributed by atoms with van der Waals surface area (Å²) >= 11 is 2.71. The van der Waals surface area contributed by atoms with E-state index in [1.165, 1.54) is 27.7 Å². The van der Waals surface area contributed by atoms with Crippen LogP contribution in [0.3, 0.4) is 0 Å². The molecule has 0 saturated carbocycles. The first kappa shape index (κ1) is 31.3. The smallest absolute Gasteiger partial charge is 0.426 e. The van der Waals surface area contributed by atoms with Crippen LogP contribution >= 0.6 is 15.9 Å². The van der Waals surface area contributed by atoms with Crippen molar-refractivity contribution in [1.82, 2.24) is 15.2 Å². The molecule has 15 heteroatoms. The van der Waals surface area contributed by atoms with Gasteiger partial charge in [-0.25, -0.2) is 9.78 Å². The average Bonchev–Trinajstić information content (AvgIpc) is 3.31. The predicted molar refractivity (Wildman–Crippen MR) is 134 cm³/mol. The van der Waals surface area contributed by atoms with Gasteiger partial charge in [0.1, 0.15) is 10.2 Å². The molecule has 1 aromatic carbocycles. The molecule has 2 heterocycles. The summed E-state index contributed by atoms with van der Waals surface area (Å²) in [5, 5.41) is 9.31. The molecule has 0 spiro atoms. The molecule has 2 aromatic heterocycles. The number of carbonyl (C=O) groups is 1. The second-order valence-electron chi connectivity index (χ2n) is 9.61. The molecule has 3 aromatic rings. The van der Waals surface area contributed by atoms with Crippen LogP contribution in [0.2, 0.25) is 0 Å². The van der Waals surface area contributed by atoms with E-state index in [-0.39, 0.29) is 6.42 Å². The van der Waals surface area contributed by atoms with Crippen LogP contribution in [0.1, 0.15) is 57.6 Å². The zero-order valence-corrected chi connectivity index (χ0v) is 23.3. The number of anilines is 1. The quantitative estimate of drug-likeness (QED) is 0.197. The zero-order chi connectivity index (χ0) is 29.9. The van der Waals surface area contributed by atoms with Gasteiger partial charge in [-0.05, 0) is 54.8 Å². The summed E-state index contributed by atoms with van der Waals surface area (Å²) in [6.07, 6.45) is -11.7. The van der Waals surface area contributed by atoms with Gasteiger partial charge in [-0.15, -0.1) is 10.2 Å². The van der Waals surface area contributed by atoms with Crippen LogP contribution in [0.4, 0.5) is 36.8 Å². The second-order valence-corrected chi connectivity index (χ2v) is 10.4. The van der Waals surface area contributed by atoms with Crippen molar-refractivity contribution in [3.63, 3.8) is 0 Å². The Balaban J connectivity index is 2.11. The third-order valence-corrected chi connectivity index (χ3v) is 5.88. The van der Waals surface area contributed by atoms with Crippen LogP contribution in [0.25, 0.3) is 11.6 Å². The van der Waals surface area contributed by atoms with E-state index >= 15 is 0 Å². The maximum Gasteiger partial charge on any atom is 0.426 e. The first-order valence-electron chi connectivity index (χ1n) is 11.8. The number of alkyl halides is 6. The number of aromatic nitrogens is 3. The Hall–Kier alpha value is -3.20. The number of carbonyl (C=O) groups excluding carboxylic acids is 1. The fourth-order valence-corrected chi connectivity index (χ4v) is 4.08. The minimum Gasteiger partial charge on any atom is -0.444 e. The number of nitrogens with one attached hydrogen (secondary N) is 1. The summed E-state index contributed by atoms with van der Waals surface area (Å²) in [5.41, 5.74) is -5.99. The highest BCUT2D eigenvalue weighted by molar-refractivity contribution is 9.10. The fraction of sp³-hybridized carbons (Fsp3) is 0.440. The van der Waals surface area contributed by atoms with Crippen molar-refractivity contribution >= 4 is 27.7 Å². The first-order chi connectivity index (χ1) is 18.5. The van der Waals surface area contributed by atoms with Crippen molar-refractivity contribution in [3.05, 3.63) is 58.0 Å². The van der Waals surface area contributed by atoms with E-state index in [1.807, 2.05) is 0 Å². The molecule has 1 amide bonds. The van der Waals surface area contributed by atoms with Crippen molar-refractivity contribution in [2.75, 3.05) is 5.32 Å². The molecule has 0 aliphatic heterocycles. The molecule has 0 radical (unpaired) electrons. The minimum absolute atomic E-state index is 0.00153. The van der Waals surface area contributed by atoms with E-state index in [0.29, 0.717) is 11.6 Å². The third kappa shape index (κ3) is 7.30. The van der Waals surface area contributed by atoms with E-state index in [9.17, 15) is 31.1 Å². The number of hydrogen-bond donors (Lipinski definition) is 1. The summed E-state index contributed by atoms with van der Waals surface area (Å²) in [6.45, 7) is 5.63. The number of pyridine rings is 1. The maximum atomic E-state index is 14.5. The maximum absolute atomic E-state index is 14.5. The van der Waals surface area contributed by atoms with Gasteiger partial charge in [0.25, 0.3) is 11.8 Å². The molecule has 218 valence electrons. The van der Waals surface area contributed by atoms with Crippen molar-refractivity contribution < 1.29 is 45.0 Å². The number of hydrogen-bond acceptors (Lipinski definition) is 7. The normalized spacial score (nSPS) is 14.1. The van der Waals surface area contributed by atoms with Crippen LogP contribution in [0.15, 0.2) is 45.4 Å². The Morgan fingerprint density at radius 2 is 1.70 bits per heavy atom. The van der Waals surface area contributed by atoms with Gasteiger partial charge in [-0.3, -0.25) is 5.32 Å². The van der Waals surface area contributed by atoms with Crippen molar-refractivity contribution in [1.29, 1.82) is 0 Å². The fourth-order valence-electron chi connectivity index (χ4n) is 3.56. The van der Waals surface area contributed by atoms with Crippen LogP contribution in [0.5, 0.6) is 0 Å². The number of nitrogens with zero attached hydrogens (tertiary/aromatic N) is 3. The minimum atomic E-state index is -5.02. The van der Waals surface area contributed by atoms with Gasteiger partial charge in [0.05, 0.1) is 17.9 Å². The predicted octanol–water partition coefficient (Wildman–Crippen LogP) is 8.03. The molecule has 0 aliphatic rings. The average molecular weight is 639 g/mol. The van der Waals surface area contributed by atoms with Gasteiger partial charge in [-0.2, -0.15) is 26.3 Å². The van der Waals surface area contributed by atoms with Crippen LogP contribution in [-0.4, -0.2) is 33.1 Å². The lowest BCUT2D eigenvalue weighted by Gasteiger charge is -2.32. The van der Waals surface area contributed by atoms with Gasteiger partial charge < -0.3 is 13.9 Å². The summed E-state index contributed by atoms with van der Waals surface area (Å²) in [6, 6.07) is 8.62. The third-order valence-electron chi connectivity index (χ3n) is 5.28. The van der Waals surface area contributed by atoms with Gasteiger partial charge >= 0.3 is 18.4 Å². The summed E-state index contributed by atoms with van der Waals surface area (Å²) in [7, 11) is 0. The molecule has 0 unspecified atom stereocenters. The van der Waals surface area contributed by atoms with Crippen LogP contribution in [0, 0.1) is 0 Å². The van der Waals surface area contributed by atoms with Crippen molar-refractivity contribution in [2.24, 2.45) is 0 Å². The van der Waals surface area contributed by atoms with Crippen molar-refractivity contribution in [2.45, 2.75) is 70.7 Å². The first-order valence-corrected chi connectivity index (χ1v) is 12.6. The van der Waals surface area contributed by atoms with Gasteiger partial charge in [0, 0.05) is 0 Å². The Kier molecular flexibility index (Phi) is 9.19. The molecular formula is C25H25BrF6N4O4. The van der Waals surface area contributed by atoms with Gasteiger partial charge in [-0.1, -0.05) is 43.7 Å². The highest BCUT2D eigenvalue weighted by atomic mass is 79.9. The van der Waals surface area contributed by atoms with E-state index in [4.69, 9.17) is 13.9 Å². The summed E-state index contributed by atoms with van der Waals surface area (Å²) in [4.78, 5) is 16.1. The number of ether oxygens (including phenoxy) is 2. The highest BCUT2D eigenvalue weighted by Crippen LogP contribution is 2.47. The molecule has 1 atom stereocenters. The standard InChI is InChI=1S/C25H25BrF6N4O4/c1-5-11-23(25(30,31)32,38-13-14-9-7-6-8-10-14)20-36-35-19(39-20)17-16(33-21(37)40-22(2,3)4)12-15(18(26)34-17)24(27,28)29/h6-10,12H,5,11,13H2,1-4H3,(H,33,37)/t23-/m1/s1. The second kappa shape index (κ2) is 11.7. The largest absolute Gasteiger partial charge is 0.444 e. The molecule has 3 rings (SSSR count). The van der Waals surface area contributed by atoms with E-state index < -0.39 is 76.0 Å². The molecular weight excluding hydrogens is 614 g/mol. The highest BCUT2D eigenvalue weighted by Gasteiger charge is 2.61. The summed E-state index contributed by atoms with van der Waals surface area (Å²) < 4.78 is 99.5. The topological polar surface area (TPSA) is 99.4 Å². The lowest BCUT2D eigenvalue weighted by molar-refractivity contribution is -0.299. The Morgan fingerprint density at radius 1 is 1.05 bits per heavy atom. The molecule has 1 N–H and O–H groups in total. The van der Waals surface area contributed by atoms with Crippen molar-refractivity contribution in [3.8, 4) is 11.6 Å².